The molecule has 0 aliphatic carbocycles. The smallest absolute Gasteiger partial charge is 0.319 e. The summed E-state index contributed by atoms with van der Waals surface area (Å²) < 4.78 is 29.7. The lowest BCUT2D eigenvalue weighted by Crippen LogP contribution is -2.28. The van der Waals surface area contributed by atoms with Crippen LogP contribution in [0.3, 0.4) is 0 Å². The molecule has 2 heterocycles. The number of benzene rings is 3. The van der Waals surface area contributed by atoms with Crippen LogP contribution in [0.5, 0.6) is 0 Å². The molecule has 4 nitrogen and oxygen atoms in total. The minimum atomic E-state index is -0.699. The second-order valence-electron chi connectivity index (χ2n) is 7.83. The van der Waals surface area contributed by atoms with E-state index in [-0.39, 0.29) is 12.2 Å². The highest BCUT2D eigenvalue weighted by Gasteiger charge is 2.20. The molecule has 0 saturated carbocycles. The molecular formula is C27H21F2N3OS. The van der Waals surface area contributed by atoms with Crippen molar-refractivity contribution in [1.29, 1.82) is 0 Å². The van der Waals surface area contributed by atoms with Gasteiger partial charge in [-0.05, 0) is 35.2 Å². The number of aromatic nitrogens is 1. The third kappa shape index (κ3) is 4.43. The molecule has 3 aromatic carbocycles. The second kappa shape index (κ2) is 9.49. The number of rotatable bonds is 6. The number of hydrogen-bond donors (Lipinski definition) is 2. The monoisotopic (exact) mass is 473 g/mol. The lowest BCUT2D eigenvalue weighted by Gasteiger charge is -2.13. The van der Waals surface area contributed by atoms with Crippen LogP contribution in [0.1, 0.15) is 11.1 Å². The number of urea groups is 1. The predicted octanol–water partition coefficient (Wildman–Crippen LogP) is 7.02. The molecule has 0 atom stereocenters. The van der Waals surface area contributed by atoms with E-state index < -0.39 is 17.7 Å². The van der Waals surface area contributed by atoms with Crippen molar-refractivity contribution in [2.24, 2.45) is 0 Å². The number of thiophene rings is 1. The first-order valence-electron chi connectivity index (χ1n) is 10.8. The highest BCUT2D eigenvalue weighted by atomic mass is 32.1. The number of halogens is 2. The van der Waals surface area contributed by atoms with Crippen molar-refractivity contribution in [3.05, 3.63) is 113 Å². The molecular weight excluding hydrogens is 452 g/mol. The molecule has 0 spiro atoms. The third-order valence-electron chi connectivity index (χ3n) is 5.62. The number of nitrogens with zero attached hydrogens (tertiary/aromatic N) is 1. The van der Waals surface area contributed by atoms with Gasteiger partial charge in [0.05, 0.1) is 16.3 Å². The number of para-hydroxylation sites is 1. The lowest BCUT2D eigenvalue weighted by atomic mass is 10.1. The first-order valence-corrected chi connectivity index (χ1v) is 11.7. The average Bonchev–Trinajstić information content (AvgIpc) is 3.47. The first kappa shape index (κ1) is 21.9. The van der Waals surface area contributed by atoms with Gasteiger partial charge in [0, 0.05) is 35.6 Å². The highest BCUT2D eigenvalue weighted by molar-refractivity contribution is 7.13. The second-order valence-corrected chi connectivity index (χ2v) is 8.77. The number of carbonyl (C=O) groups is 1. The quantitative estimate of drug-likeness (QED) is 0.274. The predicted molar refractivity (Wildman–Crippen MR) is 133 cm³/mol. The van der Waals surface area contributed by atoms with Gasteiger partial charge in [-0.15, -0.1) is 11.3 Å². The van der Waals surface area contributed by atoms with Crippen LogP contribution in [-0.4, -0.2) is 10.6 Å². The third-order valence-corrected chi connectivity index (χ3v) is 6.49. The van der Waals surface area contributed by atoms with Crippen molar-refractivity contribution in [1.82, 2.24) is 9.88 Å². The summed E-state index contributed by atoms with van der Waals surface area (Å²) in [7, 11) is 0. The molecule has 5 rings (SSSR count). The van der Waals surface area contributed by atoms with E-state index in [0.717, 1.165) is 45.2 Å². The lowest BCUT2D eigenvalue weighted by molar-refractivity contribution is 0.251. The average molecular weight is 474 g/mol. The topological polar surface area (TPSA) is 46.1 Å². The molecule has 0 saturated heterocycles. The van der Waals surface area contributed by atoms with Crippen LogP contribution in [0.2, 0.25) is 0 Å². The number of hydrogen-bond acceptors (Lipinski definition) is 2. The van der Waals surface area contributed by atoms with E-state index in [1.165, 1.54) is 5.56 Å². The minimum Gasteiger partial charge on any atom is -0.335 e. The molecule has 2 amide bonds. The summed E-state index contributed by atoms with van der Waals surface area (Å²) >= 11 is 1.63. The van der Waals surface area contributed by atoms with E-state index in [4.69, 9.17) is 0 Å². The highest BCUT2D eigenvalue weighted by Crippen LogP contribution is 2.36. The summed E-state index contributed by atoms with van der Waals surface area (Å²) in [6.07, 6.45) is 0. The van der Waals surface area contributed by atoms with Gasteiger partial charge in [-0.2, -0.15) is 0 Å². The fourth-order valence-corrected chi connectivity index (χ4v) is 4.91. The fraction of sp³-hybridized carbons (Fsp3) is 0.0741. The van der Waals surface area contributed by atoms with Gasteiger partial charge in [0.15, 0.2) is 0 Å². The van der Waals surface area contributed by atoms with Gasteiger partial charge in [0.2, 0.25) is 0 Å². The Hall–Kier alpha value is -3.97. The summed E-state index contributed by atoms with van der Waals surface area (Å²) in [4.78, 5) is 13.6. The molecule has 0 fully saturated rings. The standard InChI is InChI=1S/C27H21F2N3OS/c28-19-12-13-22(29)23(15-19)31-27(33)30-16-21-20-9-4-5-10-24(20)32(17-18-7-2-1-3-8-18)26(21)25-11-6-14-34-25/h1-15H,16-17H2,(H2,30,31,33). The zero-order valence-corrected chi connectivity index (χ0v) is 18.9. The summed E-state index contributed by atoms with van der Waals surface area (Å²) in [6.45, 7) is 0.896. The number of carbonyl (C=O) groups excluding carboxylic acids is 1. The van der Waals surface area contributed by atoms with E-state index in [1.54, 1.807) is 11.3 Å². The number of amides is 2. The normalized spacial score (nSPS) is 11.0. The molecule has 0 aliphatic heterocycles. The van der Waals surface area contributed by atoms with Crippen LogP contribution in [0.25, 0.3) is 21.5 Å². The number of nitrogens with one attached hydrogen (secondary N) is 2. The Morgan fingerprint density at radius 3 is 2.50 bits per heavy atom. The summed E-state index contributed by atoms with van der Waals surface area (Å²) in [6, 6.07) is 24.7. The molecule has 0 aliphatic rings. The zero-order valence-electron chi connectivity index (χ0n) is 18.1. The summed E-state index contributed by atoms with van der Waals surface area (Å²) in [5.41, 5.74) is 4.01. The molecule has 34 heavy (non-hydrogen) atoms. The summed E-state index contributed by atoms with van der Waals surface area (Å²) in [5.74, 6) is -1.32. The van der Waals surface area contributed by atoms with Gasteiger partial charge < -0.3 is 15.2 Å². The molecule has 7 heteroatoms. The van der Waals surface area contributed by atoms with Crippen molar-refractivity contribution in [3.8, 4) is 10.6 Å². The largest absolute Gasteiger partial charge is 0.335 e. The maximum absolute atomic E-state index is 14.0. The molecule has 170 valence electrons. The maximum atomic E-state index is 14.0. The van der Waals surface area contributed by atoms with E-state index in [1.807, 2.05) is 47.8 Å². The van der Waals surface area contributed by atoms with Gasteiger partial charge in [0.25, 0.3) is 0 Å². The van der Waals surface area contributed by atoms with Crippen molar-refractivity contribution < 1.29 is 13.6 Å². The Balaban J connectivity index is 1.51. The van der Waals surface area contributed by atoms with Crippen LogP contribution in [-0.2, 0) is 13.1 Å². The molecule has 0 bridgehead atoms. The van der Waals surface area contributed by atoms with Crippen molar-refractivity contribution >= 4 is 34.0 Å². The van der Waals surface area contributed by atoms with Crippen LogP contribution in [0.4, 0.5) is 19.3 Å². The SMILES string of the molecule is O=C(NCc1c(-c2cccs2)n(Cc2ccccc2)c2ccccc12)Nc1cc(F)ccc1F. The van der Waals surface area contributed by atoms with E-state index in [0.29, 0.717) is 6.54 Å². The van der Waals surface area contributed by atoms with E-state index >= 15 is 0 Å². The Morgan fingerprint density at radius 1 is 0.912 bits per heavy atom. The van der Waals surface area contributed by atoms with Gasteiger partial charge >= 0.3 is 6.03 Å². The van der Waals surface area contributed by atoms with Crippen LogP contribution < -0.4 is 10.6 Å². The minimum absolute atomic E-state index is 0.206. The van der Waals surface area contributed by atoms with Crippen LogP contribution in [0, 0.1) is 11.6 Å². The Kier molecular flexibility index (Phi) is 6.10. The Bertz CT molecular complexity index is 1450. The molecule has 2 aromatic heterocycles. The Morgan fingerprint density at radius 2 is 1.71 bits per heavy atom. The zero-order chi connectivity index (χ0) is 23.5. The van der Waals surface area contributed by atoms with Gasteiger partial charge in [-0.25, -0.2) is 13.6 Å². The van der Waals surface area contributed by atoms with E-state index in [2.05, 4.69) is 39.5 Å². The molecule has 2 N–H and O–H groups in total. The molecule has 0 unspecified atom stereocenters. The first-order chi connectivity index (χ1) is 16.6. The number of fused-ring (bicyclic) bond motifs is 1. The van der Waals surface area contributed by atoms with Gasteiger partial charge in [0.1, 0.15) is 11.6 Å². The number of anilines is 1. The van der Waals surface area contributed by atoms with Crippen molar-refractivity contribution in [2.45, 2.75) is 13.1 Å². The van der Waals surface area contributed by atoms with Crippen LogP contribution >= 0.6 is 11.3 Å². The maximum Gasteiger partial charge on any atom is 0.319 e. The van der Waals surface area contributed by atoms with Gasteiger partial charge in [-0.3, -0.25) is 0 Å². The molecule has 0 radical (unpaired) electrons. The Labute approximate surface area is 199 Å². The fourth-order valence-electron chi connectivity index (χ4n) is 4.11. The van der Waals surface area contributed by atoms with Gasteiger partial charge in [-0.1, -0.05) is 54.6 Å². The van der Waals surface area contributed by atoms with Crippen LogP contribution in [0.15, 0.2) is 90.3 Å². The summed E-state index contributed by atoms with van der Waals surface area (Å²) in [5, 5.41) is 8.27. The van der Waals surface area contributed by atoms with Crippen molar-refractivity contribution in [3.63, 3.8) is 0 Å². The molecule has 5 aromatic rings. The van der Waals surface area contributed by atoms with Crippen molar-refractivity contribution in [2.75, 3.05) is 5.32 Å². The van der Waals surface area contributed by atoms with E-state index in [9.17, 15) is 13.6 Å².